The first kappa shape index (κ1) is 9.59. The lowest BCUT2D eigenvalue weighted by molar-refractivity contribution is 1.07. The molecule has 0 radical (unpaired) electrons. The van der Waals surface area contributed by atoms with Gasteiger partial charge in [0.25, 0.3) is 0 Å². The molecule has 0 aliphatic rings. The Morgan fingerprint density at radius 1 is 1.25 bits per heavy atom. The lowest BCUT2D eigenvalue weighted by Crippen LogP contribution is -2.09. The zero-order chi connectivity index (χ0) is 8.97. The van der Waals surface area contributed by atoms with Gasteiger partial charge in [-0.3, -0.25) is 0 Å². The zero-order valence-corrected chi connectivity index (χ0v) is 9.13. The van der Waals surface area contributed by atoms with Crippen molar-refractivity contribution in [3.63, 3.8) is 0 Å². The van der Waals surface area contributed by atoms with E-state index >= 15 is 0 Å². The Bertz CT molecular complexity index is 247. The summed E-state index contributed by atoms with van der Waals surface area (Å²) in [4.78, 5) is 0. The lowest BCUT2D eigenvalue weighted by Gasteiger charge is -2.17. The Labute approximate surface area is 82.7 Å². The van der Waals surface area contributed by atoms with Crippen molar-refractivity contribution in [3.8, 4) is 0 Å². The Balaban J connectivity index is 2.96. The molecule has 0 aliphatic carbocycles. The average molecular weight is 228 g/mol. The number of rotatable bonds is 3. The molecule has 0 unspecified atom stereocenters. The molecule has 0 heterocycles. The highest BCUT2D eigenvalue weighted by Crippen LogP contribution is 2.22. The molecule has 0 bridgehead atoms. The molecule has 2 heteroatoms. The highest BCUT2D eigenvalue weighted by Gasteiger charge is 2.03. The maximum Gasteiger partial charge on any atom is 0.0502 e. The maximum atomic E-state index is 3.51. The van der Waals surface area contributed by atoms with Crippen LogP contribution >= 0.6 is 16.1 Å². The number of anilines is 1. The fourth-order valence-electron chi connectivity index (χ4n) is 1.22. The normalized spacial score (nSPS) is 9.92. The van der Waals surface area contributed by atoms with Crippen LogP contribution in [0.4, 0.5) is 5.69 Å². The van der Waals surface area contributed by atoms with Gasteiger partial charge in [0.2, 0.25) is 0 Å². The summed E-state index contributed by atoms with van der Waals surface area (Å²) in [6.07, 6.45) is 1.08. The van der Waals surface area contributed by atoms with Crippen LogP contribution in [0.3, 0.4) is 0 Å². The molecule has 0 atom stereocenters. The van der Waals surface area contributed by atoms with Crippen molar-refractivity contribution in [3.05, 3.63) is 29.8 Å². The van der Waals surface area contributed by atoms with Gasteiger partial charge < -0.3 is 3.93 Å². The van der Waals surface area contributed by atoms with E-state index in [2.05, 4.69) is 58.2 Å². The molecule has 0 fully saturated rings. The number of hydrogen-bond donors (Lipinski definition) is 0. The third-order valence-electron chi connectivity index (χ3n) is 1.91. The second kappa shape index (κ2) is 4.51. The number of nitrogens with zero attached hydrogens (tertiary/aromatic N) is 1. The van der Waals surface area contributed by atoms with Crippen molar-refractivity contribution in [2.24, 2.45) is 0 Å². The molecule has 1 nitrogen and oxygen atoms in total. The van der Waals surface area contributed by atoms with Crippen molar-refractivity contribution in [2.75, 3.05) is 10.5 Å². The molecule has 1 aromatic carbocycles. The third-order valence-corrected chi connectivity index (χ3v) is 2.80. The summed E-state index contributed by atoms with van der Waals surface area (Å²) >= 11 is 3.51. The van der Waals surface area contributed by atoms with E-state index in [4.69, 9.17) is 0 Å². The molecule has 0 aromatic heterocycles. The van der Waals surface area contributed by atoms with Gasteiger partial charge >= 0.3 is 0 Å². The van der Waals surface area contributed by atoms with Crippen molar-refractivity contribution >= 4 is 21.8 Å². The quantitative estimate of drug-likeness (QED) is 0.717. The Hall–Kier alpha value is -0.500. The number of aryl methyl sites for hydroxylation is 1. The molecular formula is C10H14BrN. The number of hydrogen-bond acceptors (Lipinski definition) is 1. The zero-order valence-electron chi connectivity index (χ0n) is 7.55. The first-order chi connectivity index (χ1) is 5.79. The second-order valence-electron chi connectivity index (χ2n) is 2.66. The predicted octanol–water partition coefficient (Wildman–Crippen LogP) is 3.39. The molecule has 1 aromatic rings. The van der Waals surface area contributed by atoms with Crippen LogP contribution in [-0.2, 0) is 6.42 Å². The molecule has 12 heavy (non-hydrogen) atoms. The predicted molar refractivity (Wildman–Crippen MR) is 57.8 cm³/mol. The van der Waals surface area contributed by atoms with Crippen LogP contribution in [0.1, 0.15) is 19.4 Å². The van der Waals surface area contributed by atoms with Gasteiger partial charge in [0.1, 0.15) is 0 Å². The fourth-order valence-corrected chi connectivity index (χ4v) is 1.56. The Kier molecular flexibility index (Phi) is 3.60. The van der Waals surface area contributed by atoms with E-state index in [0.29, 0.717) is 0 Å². The summed E-state index contributed by atoms with van der Waals surface area (Å²) in [5.74, 6) is 0. The van der Waals surface area contributed by atoms with Crippen LogP contribution in [0.15, 0.2) is 24.3 Å². The molecule has 66 valence electrons. The number of halogens is 1. The third kappa shape index (κ3) is 2.01. The van der Waals surface area contributed by atoms with E-state index in [1.165, 1.54) is 11.3 Å². The van der Waals surface area contributed by atoms with E-state index in [1.54, 1.807) is 0 Å². The van der Waals surface area contributed by atoms with Crippen LogP contribution < -0.4 is 3.93 Å². The SMILES string of the molecule is CCc1ccccc1N(Br)CC. The van der Waals surface area contributed by atoms with Gasteiger partial charge in [-0.1, -0.05) is 25.1 Å². The van der Waals surface area contributed by atoms with Gasteiger partial charge in [-0.2, -0.15) is 0 Å². The van der Waals surface area contributed by atoms with E-state index in [-0.39, 0.29) is 0 Å². The van der Waals surface area contributed by atoms with Crippen LogP contribution in [0.25, 0.3) is 0 Å². The lowest BCUT2D eigenvalue weighted by atomic mass is 10.1. The molecule has 0 N–H and O–H groups in total. The topological polar surface area (TPSA) is 3.24 Å². The first-order valence-corrected chi connectivity index (χ1v) is 5.01. The van der Waals surface area contributed by atoms with Gasteiger partial charge in [0.05, 0.1) is 5.69 Å². The number of benzene rings is 1. The summed E-state index contributed by atoms with van der Waals surface area (Å²) < 4.78 is 2.09. The Morgan fingerprint density at radius 2 is 1.92 bits per heavy atom. The van der Waals surface area contributed by atoms with E-state index < -0.39 is 0 Å². The summed E-state index contributed by atoms with van der Waals surface area (Å²) in [6, 6.07) is 8.45. The minimum atomic E-state index is 0.983. The van der Waals surface area contributed by atoms with E-state index in [0.717, 1.165) is 13.0 Å². The summed E-state index contributed by atoms with van der Waals surface area (Å²) in [5, 5.41) is 0. The second-order valence-corrected chi connectivity index (χ2v) is 3.52. The van der Waals surface area contributed by atoms with Crippen LogP contribution in [0, 0.1) is 0 Å². The van der Waals surface area contributed by atoms with Crippen LogP contribution in [-0.4, -0.2) is 6.54 Å². The number of para-hydroxylation sites is 1. The highest BCUT2D eigenvalue weighted by atomic mass is 79.9. The van der Waals surface area contributed by atoms with Gasteiger partial charge in [-0.15, -0.1) is 0 Å². The van der Waals surface area contributed by atoms with Gasteiger partial charge in [-0.25, -0.2) is 0 Å². The highest BCUT2D eigenvalue weighted by molar-refractivity contribution is 9.10. The summed E-state index contributed by atoms with van der Waals surface area (Å²) in [7, 11) is 0. The van der Waals surface area contributed by atoms with Crippen LogP contribution in [0.2, 0.25) is 0 Å². The Morgan fingerprint density at radius 3 is 2.50 bits per heavy atom. The van der Waals surface area contributed by atoms with Crippen molar-refractivity contribution in [1.82, 2.24) is 0 Å². The summed E-state index contributed by atoms with van der Waals surface area (Å²) in [6.45, 7) is 5.29. The molecular weight excluding hydrogens is 214 g/mol. The van der Waals surface area contributed by atoms with Crippen molar-refractivity contribution in [1.29, 1.82) is 0 Å². The minimum absolute atomic E-state index is 0.983. The smallest absolute Gasteiger partial charge is 0.0502 e. The van der Waals surface area contributed by atoms with Gasteiger partial charge in [0, 0.05) is 22.7 Å². The molecule has 0 amide bonds. The molecule has 1 rings (SSSR count). The van der Waals surface area contributed by atoms with Gasteiger partial charge in [-0.05, 0) is 25.0 Å². The molecule has 0 spiro atoms. The fraction of sp³-hybridized carbons (Fsp3) is 0.400. The van der Waals surface area contributed by atoms with E-state index in [1.807, 2.05) is 0 Å². The maximum absolute atomic E-state index is 3.51. The van der Waals surface area contributed by atoms with Crippen LogP contribution in [0.5, 0.6) is 0 Å². The van der Waals surface area contributed by atoms with Crippen molar-refractivity contribution < 1.29 is 0 Å². The summed E-state index contributed by atoms with van der Waals surface area (Å²) in [5.41, 5.74) is 2.67. The molecule has 0 saturated carbocycles. The van der Waals surface area contributed by atoms with E-state index in [9.17, 15) is 0 Å². The molecule has 0 saturated heterocycles. The molecule has 0 aliphatic heterocycles. The minimum Gasteiger partial charge on any atom is -0.309 e. The average Bonchev–Trinajstić information content (AvgIpc) is 2.16. The monoisotopic (exact) mass is 227 g/mol. The first-order valence-electron chi connectivity index (χ1n) is 4.30. The largest absolute Gasteiger partial charge is 0.309 e. The standard InChI is InChI=1S/C10H14BrN/c1-3-9-7-5-6-8-10(9)12(11)4-2/h5-8H,3-4H2,1-2H3. The van der Waals surface area contributed by atoms with Crippen molar-refractivity contribution in [2.45, 2.75) is 20.3 Å². The van der Waals surface area contributed by atoms with Gasteiger partial charge in [0.15, 0.2) is 0 Å².